The highest BCUT2D eigenvalue weighted by atomic mass is 16.5. The van der Waals surface area contributed by atoms with Gasteiger partial charge in [-0.1, -0.05) is 72.8 Å². The summed E-state index contributed by atoms with van der Waals surface area (Å²) in [5.74, 6) is 0.935. The molecule has 3 aromatic carbocycles. The Morgan fingerprint density at radius 3 is 2.14 bits per heavy atom. The fourth-order valence-corrected chi connectivity index (χ4v) is 2.34. The first kappa shape index (κ1) is 13.4. The van der Waals surface area contributed by atoms with Crippen molar-refractivity contribution in [3.05, 3.63) is 90.0 Å². The number of aryl methyl sites for hydroxylation is 1. The molecule has 0 aromatic heterocycles. The lowest BCUT2D eigenvalue weighted by Crippen LogP contribution is -1.97. The maximum atomic E-state index is 6.06. The van der Waals surface area contributed by atoms with Gasteiger partial charge < -0.3 is 4.74 Å². The van der Waals surface area contributed by atoms with Crippen LogP contribution in [0.1, 0.15) is 11.1 Å². The molecule has 0 aliphatic rings. The standard InChI is InChI=1S/C20H18O/c1-16-12-13-19(18-10-6-3-7-11-18)20(14-16)21-15-17-8-4-2-5-9-17/h2-14H,15H2,1H3. The summed E-state index contributed by atoms with van der Waals surface area (Å²) in [6, 6.07) is 27.0. The molecule has 0 bridgehead atoms. The molecule has 3 rings (SSSR count). The summed E-state index contributed by atoms with van der Waals surface area (Å²) in [5.41, 5.74) is 4.70. The number of hydrogen-bond donors (Lipinski definition) is 0. The fraction of sp³-hybridized carbons (Fsp3) is 0.100. The zero-order valence-electron chi connectivity index (χ0n) is 12.1. The molecule has 0 radical (unpaired) electrons. The molecule has 0 fully saturated rings. The van der Waals surface area contributed by atoms with Gasteiger partial charge >= 0.3 is 0 Å². The van der Waals surface area contributed by atoms with E-state index >= 15 is 0 Å². The van der Waals surface area contributed by atoms with Crippen LogP contribution in [-0.2, 0) is 6.61 Å². The highest BCUT2D eigenvalue weighted by Crippen LogP contribution is 2.31. The Bertz CT molecular complexity index is 702. The third-order valence-electron chi connectivity index (χ3n) is 3.46. The van der Waals surface area contributed by atoms with Gasteiger partial charge in [0.2, 0.25) is 0 Å². The molecule has 0 aliphatic carbocycles. The Hall–Kier alpha value is -2.54. The van der Waals surface area contributed by atoms with E-state index < -0.39 is 0 Å². The third kappa shape index (κ3) is 3.32. The van der Waals surface area contributed by atoms with Crippen LogP contribution in [0.15, 0.2) is 78.9 Å². The summed E-state index contributed by atoms with van der Waals surface area (Å²) in [6.45, 7) is 2.67. The van der Waals surface area contributed by atoms with Gasteiger partial charge in [0.25, 0.3) is 0 Å². The highest BCUT2D eigenvalue weighted by Gasteiger charge is 2.06. The van der Waals surface area contributed by atoms with Crippen molar-refractivity contribution in [3.8, 4) is 16.9 Å². The maximum absolute atomic E-state index is 6.06. The van der Waals surface area contributed by atoms with Crippen molar-refractivity contribution in [2.45, 2.75) is 13.5 Å². The van der Waals surface area contributed by atoms with Crippen molar-refractivity contribution < 1.29 is 4.74 Å². The van der Waals surface area contributed by atoms with Crippen LogP contribution in [0.2, 0.25) is 0 Å². The summed E-state index contributed by atoms with van der Waals surface area (Å²) in [6.07, 6.45) is 0. The molecule has 0 spiro atoms. The number of hydrogen-bond acceptors (Lipinski definition) is 1. The first-order chi connectivity index (χ1) is 10.3. The minimum atomic E-state index is 0.587. The Balaban J connectivity index is 1.89. The van der Waals surface area contributed by atoms with E-state index in [2.05, 4.69) is 61.5 Å². The van der Waals surface area contributed by atoms with Gasteiger partial charge in [-0.2, -0.15) is 0 Å². The Kier molecular flexibility index (Phi) is 4.02. The molecule has 0 amide bonds. The SMILES string of the molecule is Cc1ccc(-c2ccccc2)c(OCc2ccccc2)c1. The van der Waals surface area contributed by atoms with Gasteiger partial charge in [-0.25, -0.2) is 0 Å². The van der Waals surface area contributed by atoms with Gasteiger partial charge in [-0.15, -0.1) is 0 Å². The van der Waals surface area contributed by atoms with Crippen LogP contribution < -0.4 is 4.74 Å². The molecule has 1 nitrogen and oxygen atoms in total. The minimum absolute atomic E-state index is 0.587. The molecule has 1 heteroatoms. The molecule has 0 unspecified atom stereocenters. The summed E-state index contributed by atoms with van der Waals surface area (Å²) in [5, 5.41) is 0. The number of rotatable bonds is 4. The topological polar surface area (TPSA) is 9.23 Å². The van der Waals surface area contributed by atoms with Crippen LogP contribution in [-0.4, -0.2) is 0 Å². The van der Waals surface area contributed by atoms with Crippen LogP contribution in [0, 0.1) is 6.92 Å². The molecule has 0 N–H and O–H groups in total. The van der Waals surface area contributed by atoms with Gasteiger partial charge in [-0.3, -0.25) is 0 Å². The van der Waals surface area contributed by atoms with Crippen LogP contribution in [0.25, 0.3) is 11.1 Å². The van der Waals surface area contributed by atoms with E-state index in [0.717, 1.165) is 11.3 Å². The monoisotopic (exact) mass is 274 g/mol. The van der Waals surface area contributed by atoms with Crippen molar-refractivity contribution in [3.63, 3.8) is 0 Å². The molecular formula is C20H18O. The molecule has 0 aliphatic heterocycles. The van der Waals surface area contributed by atoms with Gasteiger partial charge in [0.05, 0.1) is 0 Å². The van der Waals surface area contributed by atoms with Crippen LogP contribution in [0.5, 0.6) is 5.75 Å². The normalized spacial score (nSPS) is 10.3. The molecule has 21 heavy (non-hydrogen) atoms. The number of ether oxygens (including phenoxy) is 1. The van der Waals surface area contributed by atoms with Gasteiger partial charge in [0.15, 0.2) is 0 Å². The van der Waals surface area contributed by atoms with E-state index in [1.54, 1.807) is 0 Å². The lowest BCUT2D eigenvalue weighted by Gasteiger charge is -2.13. The second-order valence-corrected chi connectivity index (χ2v) is 5.14. The lowest BCUT2D eigenvalue weighted by atomic mass is 10.0. The zero-order chi connectivity index (χ0) is 14.5. The quantitative estimate of drug-likeness (QED) is 0.632. The second kappa shape index (κ2) is 6.27. The summed E-state index contributed by atoms with van der Waals surface area (Å²) >= 11 is 0. The Labute approximate surface area is 125 Å². The van der Waals surface area contributed by atoms with Crippen LogP contribution >= 0.6 is 0 Å². The smallest absolute Gasteiger partial charge is 0.127 e. The van der Waals surface area contributed by atoms with Gasteiger partial charge in [0, 0.05) is 5.56 Å². The first-order valence-corrected chi connectivity index (χ1v) is 7.16. The van der Waals surface area contributed by atoms with Crippen molar-refractivity contribution >= 4 is 0 Å². The van der Waals surface area contributed by atoms with E-state index in [4.69, 9.17) is 4.74 Å². The van der Waals surface area contributed by atoms with Crippen molar-refractivity contribution in [1.82, 2.24) is 0 Å². The van der Waals surface area contributed by atoms with E-state index in [-0.39, 0.29) is 0 Å². The molecule has 3 aromatic rings. The van der Waals surface area contributed by atoms with E-state index in [9.17, 15) is 0 Å². The second-order valence-electron chi connectivity index (χ2n) is 5.14. The molecule has 0 atom stereocenters. The summed E-state index contributed by atoms with van der Waals surface area (Å²) in [4.78, 5) is 0. The summed E-state index contributed by atoms with van der Waals surface area (Å²) in [7, 11) is 0. The highest BCUT2D eigenvalue weighted by molar-refractivity contribution is 5.70. The van der Waals surface area contributed by atoms with E-state index in [0.29, 0.717) is 6.61 Å². The van der Waals surface area contributed by atoms with Gasteiger partial charge in [0.1, 0.15) is 12.4 Å². The summed E-state index contributed by atoms with van der Waals surface area (Å²) < 4.78 is 6.06. The largest absolute Gasteiger partial charge is 0.488 e. The predicted octanol–water partition coefficient (Wildman–Crippen LogP) is 5.24. The van der Waals surface area contributed by atoms with Gasteiger partial charge in [-0.05, 0) is 29.7 Å². The average Bonchev–Trinajstić information content (AvgIpc) is 2.55. The Morgan fingerprint density at radius 2 is 1.43 bits per heavy atom. The van der Waals surface area contributed by atoms with Crippen LogP contribution in [0.4, 0.5) is 0 Å². The molecule has 0 saturated heterocycles. The van der Waals surface area contributed by atoms with E-state index in [1.165, 1.54) is 16.7 Å². The fourth-order valence-electron chi connectivity index (χ4n) is 2.34. The maximum Gasteiger partial charge on any atom is 0.127 e. The van der Waals surface area contributed by atoms with Crippen molar-refractivity contribution in [2.75, 3.05) is 0 Å². The predicted molar refractivity (Wildman–Crippen MR) is 87.4 cm³/mol. The number of benzene rings is 3. The zero-order valence-corrected chi connectivity index (χ0v) is 12.1. The first-order valence-electron chi connectivity index (χ1n) is 7.16. The average molecular weight is 274 g/mol. The van der Waals surface area contributed by atoms with Crippen LogP contribution in [0.3, 0.4) is 0 Å². The Morgan fingerprint density at radius 1 is 0.762 bits per heavy atom. The molecule has 0 saturated carbocycles. The third-order valence-corrected chi connectivity index (χ3v) is 3.46. The minimum Gasteiger partial charge on any atom is -0.488 e. The molecular weight excluding hydrogens is 256 g/mol. The van der Waals surface area contributed by atoms with E-state index in [1.807, 2.05) is 24.3 Å². The van der Waals surface area contributed by atoms with Crippen molar-refractivity contribution in [1.29, 1.82) is 0 Å². The molecule has 104 valence electrons. The lowest BCUT2D eigenvalue weighted by molar-refractivity contribution is 0.307. The molecule has 0 heterocycles. The van der Waals surface area contributed by atoms with Crippen molar-refractivity contribution in [2.24, 2.45) is 0 Å².